The van der Waals surface area contributed by atoms with Gasteiger partial charge in [0.25, 0.3) is 0 Å². The summed E-state index contributed by atoms with van der Waals surface area (Å²) in [6.07, 6.45) is -7.62. The number of amides is 1. The summed E-state index contributed by atoms with van der Waals surface area (Å²) in [4.78, 5) is 46.1. The van der Waals surface area contributed by atoms with E-state index < -0.39 is 124 Å². The van der Waals surface area contributed by atoms with Gasteiger partial charge < -0.3 is 68.1 Å². The minimum absolute atomic E-state index is 0.0242. The Morgan fingerprint density at radius 3 is 2.14 bits per heavy atom. The van der Waals surface area contributed by atoms with E-state index in [0.29, 0.717) is 44.6 Å². The van der Waals surface area contributed by atoms with Gasteiger partial charge in [-0.3, -0.25) is 14.4 Å². The Kier molecular flexibility index (Phi) is 20.4. The number of carbonyl (C=O) groups is 3. The summed E-state index contributed by atoms with van der Waals surface area (Å²) < 4.78 is 74.4. The first-order valence-corrected chi connectivity index (χ1v) is 27.6. The topological polar surface area (TPSA) is 247 Å². The molecule has 4 saturated heterocycles. The van der Waals surface area contributed by atoms with E-state index in [1.807, 2.05) is 25.8 Å². The molecule has 19 nitrogen and oxygen atoms in total. The molecule has 1 aromatic carbocycles. The molecular weight excluding hydrogens is 957 g/mol. The second-order valence-electron chi connectivity index (χ2n) is 21.9. The molecule has 4 aliphatic rings. The number of esters is 1. The summed E-state index contributed by atoms with van der Waals surface area (Å²) in [6, 6.07) is 5.76. The number of methoxy groups -OCH3 is 2. The van der Waals surface area contributed by atoms with E-state index in [1.165, 1.54) is 40.2 Å². The zero-order valence-electron chi connectivity index (χ0n) is 45.0. The van der Waals surface area contributed by atoms with Crippen LogP contribution in [0.2, 0.25) is 0 Å². The number of Topliss-reactive ketones (excluding diaryl/α,β-unsaturated/α-hetero) is 1. The van der Waals surface area contributed by atoms with Crippen LogP contribution in [0.3, 0.4) is 0 Å². The van der Waals surface area contributed by atoms with Gasteiger partial charge in [0.1, 0.15) is 41.5 Å². The molecule has 0 radical (unpaired) electrons. The van der Waals surface area contributed by atoms with Crippen molar-refractivity contribution in [2.24, 2.45) is 23.7 Å². The van der Waals surface area contributed by atoms with Gasteiger partial charge in [0.15, 0.2) is 22.4 Å². The van der Waals surface area contributed by atoms with E-state index in [4.69, 9.17) is 37.9 Å². The molecule has 4 fully saturated rings. The Morgan fingerprint density at radius 2 is 1.54 bits per heavy atom. The smallest absolute Gasteiger partial charge is 0.311 e. The van der Waals surface area contributed by atoms with Gasteiger partial charge in [0, 0.05) is 70.1 Å². The quantitative estimate of drug-likeness (QED) is 0.183. The number of carbonyl (C=O) groups excluding carboxylic acids is 3. The second-order valence-corrected chi connectivity index (χ2v) is 23.9. The third-order valence-corrected chi connectivity index (χ3v) is 17.3. The van der Waals surface area contributed by atoms with Crippen LogP contribution in [-0.2, 0) is 57.4 Å². The molecular formula is C52H86N2O17S. The fourth-order valence-corrected chi connectivity index (χ4v) is 12.0. The van der Waals surface area contributed by atoms with Crippen LogP contribution in [0, 0.1) is 23.7 Å². The highest BCUT2D eigenvalue weighted by Gasteiger charge is 2.54. The third-order valence-electron chi connectivity index (χ3n) is 16.1. The van der Waals surface area contributed by atoms with E-state index in [2.05, 4.69) is 0 Å². The summed E-state index contributed by atoms with van der Waals surface area (Å²) in [6.45, 7) is 18.2. The number of nitrogens with zero attached hydrogens (tertiary/aromatic N) is 2. The maximum Gasteiger partial charge on any atom is 0.311 e. The molecule has 0 aromatic heterocycles. The highest BCUT2D eigenvalue weighted by atomic mass is 32.2. The average molecular weight is 1040 g/mol. The Labute approximate surface area is 427 Å². The maximum absolute atomic E-state index is 14.4. The van der Waals surface area contributed by atoms with Crippen molar-refractivity contribution in [3.05, 3.63) is 24.3 Å². The van der Waals surface area contributed by atoms with E-state index in [0.717, 1.165) is 6.26 Å². The molecule has 1 amide bonds. The highest BCUT2D eigenvalue weighted by Crippen LogP contribution is 2.42. The fourth-order valence-electron chi connectivity index (χ4n) is 11.3. The van der Waals surface area contributed by atoms with Crippen LogP contribution in [0.4, 0.5) is 0 Å². The molecule has 5 rings (SSSR count). The molecule has 19 atom stereocenters. The SMILES string of the molecule is CC[C@H]1OC(=O)[C@H](C)[C@@H](O[C@H]2C[C@@](C)(OC)[C@@H](O)[C@H](C)O2)[C@H](C)[C@@H](O[C@H]2O[C@H](C)C[C@H](N(C)CCCC(=O)N3CC[C@@H](Oc4ccc(S(C)(=O)=O)cc4)C3)[C@H]2O)[C@](C)(OC)C[C@@H](C)C(=O)[C@H](C)[C@@H](O)[C@]1(C)O. The summed E-state index contributed by atoms with van der Waals surface area (Å²) in [5.41, 5.74) is -4.45. The van der Waals surface area contributed by atoms with Crippen molar-refractivity contribution in [3.8, 4) is 5.75 Å². The van der Waals surface area contributed by atoms with Crippen molar-refractivity contribution in [3.63, 3.8) is 0 Å². The number of ether oxygens (including phenoxy) is 8. The summed E-state index contributed by atoms with van der Waals surface area (Å²) in [5.74, 6) is -4.34. The predicted octanol–water partition coefficient (Wildman–Crippen LogP) is 3.67. The van der Waals surface area contributed by atoms with E-state index in [1.54, 1.807) is 58.6 Å². The van der Waals surface area contributed by atoms with E-state index in [-0.39, 0.29) is 48.4 Å². The van der Waals surface area contributed by atoms with Gasteiger partial charge in [-0.2, -0.15) is 0 Å². The zero-order valence-corrected chi connectivity index (χ0v) is 45.8. The molecule has 4 heterocycles. The lowest BCUT2D eigenvalue weighted by Gasteiger charge is -2.50. The van der Waals surface area contributed by atoms with Gasteiger partial charge in [0.2, 0.25) is 5.91 Å². The predicted molar refractivity (Wildman–Crippen MR) is 264 cm³/mol. The second kappa shape index (κ2) is 24.4. The molecule has 0 unspecified atom stereocenters. The van der Waals surface area contributed by atoms with Gasteiger partial charge in [-0.15, -0.1) is 0 Å². The number of aliphatic hydroxyl groups excluding tert-OH is 3. The van der Waals surface area contributed by atoms with Crippen molar-refractivity contribution >= 4 is 27.5 Å². The van der Waals surface area contributed by atoms with Crippen molar-refractivity contribution in [2.45, 2.75) is 209 Å². The third kappa shape index (κ3) is 13.8. The average Bonchev–Trinajstić information content (AvgIpc) is 3.80. The van der Waals surface area contributed by atoms with E-state index >= 15 is 0 Å². The number of hydrogen-bond donors (Lipinski definition) is 4. The molecule has 1 aromatic rings. The number of ketones is 1. The maximum atomic E-state index is 14.4. The van der Waals surface area contributed by atoms with Gasteiger partial charge in [0.05, 0.1) is 59.1 Å². The normalized spacial score (nSPS) is 41.0. The lowest BCUT2D eigenvalue weighted by atomic mass is 9.74. The van der Waals surface area contributed by atoms with E-state index in [9.17, 15) is 43.2 Å². The van der Waals surface area contributed by atoms with Crippen LogP contribution in [0.1, 0.15) is 114 Å². The van der Waals surface area contributed by atoms with Gasteiger partial charge in [-0.1, -0.05) is 27.7 Å². The molecule has 4 aliphatic heterocycles. The van der Waals surface area contributed by atoms with Crippen LogP contribution >= 0.6 is 0 Å². The van der Waals surface area contributed by atoms with Crippen LogP contribution < -0.4 is 4.74 Å². The Hall–Kier alpha value is -2.86. The Balaban J connectivity index is 1.38. The summed E-state index contributed by atoms with van der Waals surface area (Å²) in [5, 5.41) is 46.7. The summed E-state index contributed by atoms with van der Waals surface area (Å²) in [7, 11) is 1.51. The van der Waals surface area contributed by atoms with Crippen LogP contribution in [0.5, 0.6) is 5.75 Å². The first-order valence-electron chi connectivity index (χ1n) is 25.7. The lowest BCUT2D eigenvalue weighted by molar-refractivity contribution is -0.319. The number of benzene rings is 1. The molecule has 412 valence electrons. The number of sulfone groups is 1. The molecule has 72 heavy (non-hydrogen) atoms. The fraction of sp³-hybridized carbons (Fsp3) is 0.827. The number of likely N-dealkylation sites (tertiary alicyclic amines) is 1. The first-order chi connectivity index (χ1) is 33.5. The monoisotopic (exact) mass is 1040 g/mol. The number of rotatable bonds is 15. The molecule has 0 aliphatic carbocycles. The number of hydrogen-bond acceptors (Lipinski definition) is 18. The highest BCUT2D eigenvalue weighted by molar-refractivity contribution is 7.90. The number of cyclic esters (lactones) is 1. The largest absolute Gasteiger partial charge is 0.489 e. The van der Waals surface area contributed by atoms with Crippen molar-refractivity contribution in [1.29, 1.82) is 0 Å². The van der Waals surface area contributed by atoms with Crippen LogP contribution in [0.25, 0.3) is 0 Å². The van der Waals surface area contributed by atoms with Crippen molar-refractivity contribution in [1.82, 2.24) is 9.80 Å². The number of likely N-dealkylation sites (N-methyl/N-ethyl adjacent to an activating group) is 1. The molecule has 0 bridgehead atoms. The zero-order chi connectivity index (χ0) is 53.8. The van der Waals surface area contributed by atoms with Crippen molar-refractivity contribution in [2.75, 3.05) is 47.2 Å². The minimum atomic E-state index is -3.34. The standard InChI is InChI=1S/C52H86N2O17S/c1-15-39-52(10,61)45(58)31(4)42(56)29(2)26-51(9,65-13)47(32(5)44(33(6)48(60)69-39)70-41-27-50(8,64-12)46(59)34(7)67-41)71-49-43(57)38(25-30(3)66-49)53(11)23-16-17-40(55)54-24-22-36(28-54)68-35-18-20-37(21-19-35)72(14,62)63/h18-21,29-34,36,38-39,41,43-47,49,57-59,61H,15-17,22-28H2,1-14H3/t29-,30-,31+,32+,33-,34+,36-,38+,39-,41+,43-,44+,45-,46+,47-,49-,50-,51-,52-/m1/s1. The summed E-state index contributed by atoms with van der Waals surface area (Å²) >= 11 is 0. The van der Waals surface area contributed by atoms with Crippen LogP contribution in [-0.4, -0.2) is 194 Å². The molecule has 0 spiro atoms. The molecule has 20 heteroatoms. The minimum Gasteiger partial charge on any atom is -0.489 e. The number of aliphatic hydroxyl groups is 4. The lowest BCUT2D eigenvalue weighted by Crippen LogP contribution is -2.61. The molecule has 4 N–H and O–H groups in total. The van der Waals surface area contributed by atoms with Crippen molar-refractivity contribution < 1.29 is 81.1 Å². The first kappa shape index (κ1) is 60.0. The van der Waals surface area contributed by atoms with Gasteiger partial charge in [-0.25, -0.2) is 8.42 Å². The van der Waals surface area contributed by atoms with Gasteiger partial charge >= 0.3 is 5.97 Å². The molecule has 0 saturated carbocycles. The Morgan fingerprint density at radius 1 is 0.903 bits per heavy atom. The Bertz CT molecular complexity index is 2080. The van der Waals surface area contributed by atoms with Gasteiger partial charge in [-0.05, 0) is 105 Å². The van der Waals surface area contributed by atoms with Crippen LogP contribution in [0.15, 0.2) is 29.2 Å².